The van der Waals surface area contributed by atoms with Crippen molar-refractivity contribution in [1.82, 2.24) is 19.8 Å². The van der Waals surface area contributed by atoms with Crippen LogP contribution >= 0.6 is 11.8 Å². The van der Waals surface area contributed by atoms with E-state index in [9.17, 15) is 4.79 Å². The number of carbonyl (C=O) groups excluding carboxylic acids is 1. The van der Waals surface area contributed by atoms with Gasteiger partial charge in [-0.15, -0.1) is 10.2 Å². The fourth-order valence-corrected chi connectivity index (χ4v) is 4.40. The van der Waals surface area contributed by atoms with Gasteiger partial charge in [-0.1, -0.05) is 11.8 Å². The van der Waals surface area contributed by atoms with Crippen molar-refractivity contribution in [2.24, 2.45) is 0 Å². The SMILES string of the molecule is COc1ccc(-c2nnc(S[C@H](C)C(=O)N3[C@H](C)CCC[C@@H]3C)n2N)cc1. The van der Waals surface area contributed by atoms with Gasteiger partial charge in [0.25, 0.3) is 0 Å². The summed E-state index contributed by atoms with van der Waals surface area (Å²) in [4.78, 5) is 15.0. The largest absolute Gasteiger partial charge is 0.497 e. The maximum Gasteiger partial charge on any atom is 0.236 e. The van der Waals surface area contributed by atoms with Crippen molar-refractivity contribution in [1.29, 1.82) is 0 Å². The summed E-state index contributed by atoms with van der Waals surface area (Å²) in [6, 6.07) is 8.01. The third-order valence-corrected chi connectivity index (χ3v) is 6.14. The number of aromatic nitrogens is 3. The number of benzene rings is 1. The lowest BCUT2D eigenvalue weighted by atomic mass is 9.97. The van der Waals surface area contributed by atoms with Crippen molar-refractivity contribution in [3.63, 3.8) is 0 Å². The van der Waals surface area contributed by atoms with Crippen LogP contribution in [0.25, 0.3) is 11.4 Å². The zero-order valence-corrected chi connectivity index (χ0v) is 17.1. The number of ether oxygens (including phenoxy) is 1. The molecule has 8 heteroatoms. The zero-order valence-electron chi connectivity index (χ0n) is 16.3. The number of nitrogen functional groups attached to an aromatic ring is 1. The molecule has 1 aromatic carbocycles. The van der Waals surface area contributed by atoms with Crippen LogP contribution in [-0.2, 0) is 4.79 Å². The van der Waals surface area contributed by atoms with Gasteiger partial charge in [0.15, 0.2) is 5.82 Å². The molecule has 1 aromatic heterocycles. The number of hydrogen-bond acceptors (Lipinski definition) is 6. The maximum absolute atomic E-state index is 13.0. The van der Waals surface area contributed by atoms with Gasteiger partial charge in [-0.05, 0) is 64.3 Å². The van der Waals surface area contributed by atoms with E-state index in [0.29, 0.717) is 11.0 Å². The van der Waals surface area contributed by atoms with Crippen LogP contribution < -0.4 is 10.6 Å². The second-order valence-electron chi connectivity index (χ2n) is 7.04. The standard InChI is InChI=1S/C19H27N5O2S/c1-12-6-5-7-13(2)23(12)18(25)14(3)27-19-22-21-17(24(19)20)15-8-10-16(26-4)11-9-15/h8-14H,5-7,20H2,1-4H3/t12-,13+,14-/m1/s1. The Balaban J connectivity index is 1.73. The Morgan fingerprint density at radius 3 is 2.44 bits per heavy atom. The molecule has 27 heavy (non-hydrogen) atoms. The topological polar surface area (TPSA) is 86.3 Å². The van der Waals surface area contributed by atoms with E-state index < -0.39 is 0 Å². The average Bonchev–Trinajstić information content (AvgIpc) is 3.02. The van der Waals surface area contributed by atoms with Gasteiger partial charge in [-0.25, -0.2) is 4.68 Å². The maximum atomic E-state index is 13.0. The van der Waals surface area contributed by atoms with E-state index in [1.165, 1.54) is 22.9 Å². The van der Waals surface area contributed by atoms with Crippen molar-refractivity contribution in [3.05, 3.63) is 24.3 Å². The summed E-state index contributed by atoms with van der Waals surface area (Å²) >= 11 is 1.35. The van der Waals surface area contributed by atoms with E-state index in [2.05, 4.69) is 24.0 Å². The van der Waals surface area contributed by atoms with Gasteiger partial charge in [0.1, 0.15) is 5.75 Å². The highest BCUT2D eigenvalue weighted by Crippen LogP contribution is 2.30. The molecule has 0 aliphatic carbocycles. The van der Waals surface area contributed by atoms with E-state index >= 15 is 0 Å². The van der Waals surface area contributed by atoms with Crippen LogP contribution in [0, 0.1) is 0 Å². The van der Waals surface area contributed by atoms with Crippen molar-refractivity contribution in [3.8, 4) is 17.1 Å². The van der Waals surface area contributed by atoms with E-state index in [4.69, 9.17) is 10.6 Å². The van der Waals surface area contributed by atoms with Gasteiger partial charge in [0, 0.05) is 17.6 Å². The molecule has 0 saturated carbocycles. The first-order valence-electron chi connectivity index (χ1n) is 9.26. The summed E-state index contributed by atoms with van der Waals surface area (Å²) in [7, 11) is 1.62. The summed E-state index contributed by atoms with van der Waals surface area (Å²) in [5.41, 5.74) is 0.843. The van der Waals surface area contributed by atoms with Crippen LogP contribution in [-0.4, -0.2) is 50.1 Å². The molecule has 2 aromatic rings. The molecule has 2 heterocycles. The highest BCUT2D eigenvalue weighted by molar-refractivity contribution is 8.00. The fourth-order valence-electron chi connectivity index (χ4n) is 3.57. The molecular weight excluding hydrogens is 362 g/mol. The van der Waals surface area contributed by atoms with Crippen molar-refractivity contribution in [2.75, 3.05) is 13.0 Å². The van der Waals surface area contributed by atoms with Crippen molar-refractivity contribution in [2.45, 2.75) is 62.5 Å². The normalized spacial score (nSPS) is 21.1. The van der Waals surface area contributed by atoms with Crippen LogP contribution in [0.3, 0.4) is 0 Å². The number of rotatable bonds is 5. The number of nitrogens with two attached hydrogens (primary N) is 1. The minimum atomic E-state index is -0.275. The van der Waals surface area contributed by atoms with Crippen molar-refractivity contribution >= 4 is 17.7 Å². The molecule has 146 valence electrons. The molecule has 1 saturated heterocycles. The van der Waals surface area contributed by atoms with Crippen LogP contribution in [0.5, 0.6) is 5.75 Å². The number of hydrogen-bond donors (Lipinski definition) is 1. The van der Waals surface area contributed by atoms with Gasteiger partial charge in [0.2, 0.25) is 11.1 Å². The lowest BCUT2D eigenvalue weighted by Gasteiger charge is -2.40. The summed E-state index contributed by atoms with van der Waals surface area (Å²) in [6.45, 7) is 6.15. The van der Waals surface area contributed by atoms with Gasteiger partial charge < -0.3 is 15.5 Å². The number of nitrogens with zero attached hydrogens (tertiary/aromatic N) is 4. The minimum Gasteiger partial charge on any atom is -0.497 e. The Kier molecular flexibility index (Phi) is 5.94. The lowest BCUT2D eigenvalue weighted by Crippen LogP contribution is -2.50. The molecule has 0 unspecified atom stereocenters. The highest BCUT2D eigenvalue weighted by atomic mass is 32.2. The van der Waals surface area contributed by atoms with Crippen LogP contribution in [0.1, 0.15) is 40.0 Å². The zero-order chi connectivity index (χ0) is 19.6. The molecule has 0 radical (unpaired) electrons. The number of methoxy groups -OCH3 is 1. The monoisotopic (exact) mass is 389 g/mol. The van der Waals surface area contributed by atoms with E-state index in [1.54, 1.807) is 7.11 Å². The molecule has 3 rings (SSSR count). The first-order chi connectivity index (χ1) is 12.9. The third-order valence-electron chi connectivity index (χ3n) is 5.09. The summed E-state index contributed by atoms with van der Waals surface area (Å²) in [5, 5.41) is 8.64. The Hall–Kier alpha value is -2.22. The summed E-state index contributed by atoms with van der Waals surface area (Å²) < 4.78 is 6.62. The molecule has 1 fully saturated rings. The predicted molar refractivity (Wildman–Crippen MR) is 107 cm³/mol. The summed E-state index contributed by atoms with van der Waals surface area (Å²) in [5.74, 6) is 7.65. The second-order valence-corrected chi connectivity index (χ2v) is 8.35. The number of carbonyl (C=O) groups is 1. The Morgan fingerprint density at radius 2 is 1.85 bits per heavy atom. The number of piperidine rings is 1. The van der Waals surface area contributed by atoms with E-state index in [0.717, 1.165) is 24.2 Å². The lowest BCUT2D eigenvalue weighted by molar-refractivity contribution is -0.136. The third kappa shape index (κ3) is 4.05. The second kappa shape index (κ2) is 8.21. The Bertz CT molecular complexity index is 782. The van der Waals surface area contributed by atoms with Crippen molar-refractivity contribution < 1.29 is 9.53 Å². The number of likely N-dealkylation sites (tertiary alicyclic amines) is 1. The summed E-state index contributed by atoms with van der Waals surface area (Å²) in [6.07, 6.45) is 3.29. The predicted octanol–water partition coefficient (Wildman–Crippen LogP) is 2.94. The molecule has 0 spiro atoms. The molecule has 7 nitrogen and oxygen atoms in total. The first kappa shape index (κ1) is 19.5. The molecule has 1 aliphatic heterocycles. The van der Waals surface area contributed by atoms with Gasteiger partial charge in [-0.2, -0.15) is 0 Å². The van der Waals surface area contributed by atoms with Gasteiger partial charge >= 0.3 is 0 Å². The molecule has 1 aliphatic rings. The highest BCUT2D eigenvalue weighted by Gasteiger charge is 2.32. The molecule has 2 N–H and O–H groups in total. The molecule has 3 atom stereocenters. The fraction of sp³-hybridized carbons (Fsp3) is 0.526. The quantitative estimate of drug-likeness (QED) is 0.625. The van der Waals surface area contributed by atoms with E-state index in [-0.39, 0.29) is 23.2 Å². The Labute approximate surface area is 164 Å². The minimum absolute atomic E-state index is 0.133. The average molecular weight is 390 g/mol. The van der Waals surface area contributed by atoms with Crippen LogP contribution in [0.2, 0.25) is 0 Å². The number of amides is 1. The molecular formula is C19H27N5O2S. The molecule has 1 amide bonds. The van der Waals surface area contributed by atoms with Gasteiger partial charge in [-0.3, -0.25) is 4.79 Å². The van der Waals surface area contributed by atoms with Gasteiger partial charge in [0.05, 0.1) is 12.4 Å². The molecule has 0 bridgehead atoms. The Morgan fingerprint density at radius 1 is 1.22 bits per heavy atom. The van der Waals surface area contributed by atoms with Crippen LogP contribution in [0.4, 0.5) is 0 Å². The first-order valence-corrected chi connectivity index (χ1v) is 10.1. The number of thioether (sulfide) groups is 1. The van der Waals surface area contributed by atoms with E-state index in [1.807, 2.05) is 36.1 Å². The van der Waals surface area contributed by atoms with Crippen LogP contribution in [0.15, 0.2) is 29.4 Å². The smallest absolute Gasteiger partial charge is 0.236 e.